The molecule has 1 aromatic heterocycles. The van der Waals surface area contributed by atoms with E-state index in [2.05, 4.69) is 5.10 Å². The van der Waals surface area contributed by atoms with Gasteiger partial charge in [-0.1, -0.05) is 30.3 Å². The van der Waals surface area contributed by atoms with Crippen molar-refractivity contribution in [1.82, 2.24) is 9.78 Å². The summed E-state index contributed by atoms with van der Waals surface area (Å²) in [5, 5.41) is 4.34. The molecule has 0 radical (unpaired) electrons. The Balaban J connectivity index is 2.48. The summed E-state index contributed by atoms with van der Waals surface area (Å²) in [6.45, 7) is 2.55. The zero-order valence-corrected chi connectivity index (χ0v) is 9.05. The van der Waals surface area contributed by atoms with Gasteiger partial charge in [0.25, 0.3) is 5.91 Å². The second kappa shape index (κ2) is 4.18. The number of carbonyl (C=O) groups is 1. The van der Waals surface area contributed by atoms with Gasteiger partial charge in [0.2, 0.25) is 0 Å². The highest BCUT2D eigenvalue weighted by Crippen LogP contribution is 2.18. The summed E-state index contributed by atoms with van der Waals surface area (Å²) >= 11 is 0. The van der Waals surface area contributed by atoms with Crippen molar-refractivity contribution < 1.29 is 4.79 Å². The van der Waals surface area contributed by atoms with Crippen LogP contribution in [-0.2, 0) is 6.54 Å². The number of nitrogens with zero attached hydrogens (tertiary/aromatic N) is 2. The van der Waals surface area contributed by atoms with Gasteiger partial charge in [0.1, 0.15) is 5.69 Å². The van der Waals surface area contributed by atoms with Crippen LogP contribution in [0.25, 0.3) is 11.3 Å². The molecule has 2 aromatic rings. The predicted octanol–water partition coefficient (Wildman–Crippen LogP) is 1.67. The molecule has 0 aliphatic heterocycles. The van der Waals surface area contributed by atoms with Gasteiger partial charge in [-0.2, -0.15) is 5.10 Å². The van der Waals surface area contributed by atoms with Gasteiger partial charge in [-0.25, -0.2) is 0 Å². The van der Waals surface area contributed by atoms with Crippen molar-refractivity contribution in [3.05, 3.63) is 42.1 Å². The Morgan fingerprint density at radius 3 is 2.56 bits per heavy atom. The Labute approximate surface area is 93.7 Å². The number of carbonyl (C=O) groups excluding carboxylic acids is 1. The third kappa shape index (κ3) is 1.82. The third-order valence-electron chi connectivity index (χ3n) is 2.40. The van der Waals surface area contributed by atoms with E-state index in [-0.39, 0.29) is 0 Å². The largest absolute Gasteiger partial charge is 0.364 e. The van der Waals surface area contributed by atoms with E-state index in [0.29, 0.717) is 12.2 Å². The first-order valence-corrected chi connectivity index (χ1v) is 5.15. The lowest BCUT2D eigenvalue weighted by atomic mass is 10.1. The monoisotopic (exact) mass is 215 g/mol. The van der Waals surface area contributed by atoms with Gasteiger partial charge in [0.05, 0.1) is 5.69 Å². The maximum atomic E-state index is 11.2. The van der Waals surface area contributed by atoms with Crippen LogP contribution in [-0.4, -0.2) is 15.7 Å². The van der Waals surface area contributed by atoms with E-state index in [1.165, 1.54) is 0 Å². The molecule has 1 amide bonds. The summed E-state index contributed by atoms with van der Waals surface area (Å²) in [4.78, 5) is 11.2. The number of primary amides is 1. The summed E-state index contributed by atoms with van der Waals surface area (Å²) in [7, 11) is 0. The number of amides is 1. The smallest absolute Gasteiger partial charge is 0.266 e. The van der Waals surface area contributed by atoms with Crippen LogP contribution in [0.2, 0.25) is 0 Å². The van der Waals surface area contributed by atoms with Gasteiger partial charge in [0, 0.05) is 12.1 Å². The van der Waals surface area contributed by atoms with Crippen molar-refractivity contribution in [3.63, 3.8) is 0 Å². The maximum absolute atomic E-state index is 11.2. The Morgan fingerprint density at radius 1 is 1.38 bits per heavy atom. The Morgan fingerprint density at radius 2 is 2.06 bits per heavy atom. The molecule has 82 valence electrons. The number of hydrogen-bond donors (Lipinski definition) is 1. The van der Waals surface area contributed by atoms with Crippen molar-refractivity contribution in [2.45, 2.75) is 13.5 Å². The zero-order valence-electron chi connectivity index (χ0n) is 9.05. The fourth-order valence-corrected chi connectivity index (χ4v) is 1.61. The second-order valence-electron chi connectivity index (χ2n) is 3.46. The fourth-order valence-electron chi connectivity index (χ4n) is 1.61. The summed E-state index contributed by atoms with van der Waals surface area (Å²) < 4.78 is 1.62. The minimum atomic E-state index is -0.448. The van der Waals surface area contributed by atoms with Crippen LogP contribution in [0.3, 0.4) is 0 Å². The molecule has 2 rings (SSSR count). The van der Waals surface area contributed by atoms with Crippen molar-refractivity contribution in [3.8, 4) is 11.3 Å². The van der Waals surface area contributed by atoms with E-state index in [4.69, 9.17) is 5.73 Å². The number of nitrogens with two attached hydrogens (primary N) is 1. The molecular weight excluding hydrogens is 202 g/mol. The quantitative estimate of drug-likeness (QED) is 0.846. The van der Waals surface area contributed by atoms with Crippen LogP contribution in [0.15, 0.2) is 36.4 Å². The van der Waals surface area contributed by atoms with Gasteiger partial charge in [0.15, 0.2) is 0 Å². The Bertz CT molecular complexity index is 502. The van der Waals surface area contributed by atoms with Crippen molar-refractivity contribution in [2.75, 3.05) is 0 Å². The lowest BCUT2D eigenvalue weighted by Gasteiger charge is -1.98. The molecule has 4 heteroatoms. The van der Waals surface area contributed by atoms with Crippen LogP contribution < -0.4 is 5.73 Å². The topological polar surface area (TPSA) is 60.9 Å². The van der Waals surface area contributed by atoms with Crippen LogP contribution >= 0.6 is 0 Å². The van der Waals surface area contributed by atoms with E-state index in [1.54, 1.807) is 10.7 Å². The highest BCUT2D eigenvalue weighted by atomic mass is 16.1. The van der Waals surface area contributed by atoms with Crippen LogP contribution in [0, 0.1) is 0 Å². The first-order chi connectivity index (χ1) is 7.72. The molecule has 0 aliphatic carbocycles. The number of aryl methyl sites for hydroxylation is 1. The van der Waals surface area contributed by atoms with E-state index in [0.717, 1.165) is 11.3 Å². The molecule has 0 spiro atoms. The predicted molar refractivity (Wildman–Crippen MR) is 61.9 cm³/mol. The second-order valence-corrected chi connectivity index (χ2v) is 3.46. The fraction of sp³-hybridized carbons (Fsp3) is 0.167. The molecule has 1 heterocycles. The molecule has 0 saturated heterocycles. The van der Waals surface area contributed by atoms with E-state index >= 15 is 0 Å². The molecule has 0 saturated carbocycles. The Kier molecular flexibility index (Phi) is 2.72. The SMILES string of the molecule is CCn1nc(-c2ccccc2)cc1C(N)=O. The summed E-state index contributed by atoms with van der Waals surface area (Å²) in [5.41, 5.74) is 7.49. The van der Waals surface area contributed by atoms with Crippen LogP contribution in [0.5, 0.6) is 0 Å². The highest BCUT2D eigenvalue weighted by molar-refractivity contribution is 5.92. The van der Waals surface area contributed by atoms with Gasteiger partial charge in [-0.05, 0) is 13.0 Å². The van der Waals surface area contributed by atoms with Crippen LogP contribution in [0.4, 0.5) is 0 Å². The first-order valence-electron chi connectivity index (χ1n) is 5.15. The number of rotatable bonds is 3. The van der Waals surface area contributed by atoms with Crippen molar-refractivity contribution in [2.24, 2.45) is 5.73 Å². The average molecular weight is 215 g/mol. The minimum Gasteiger partial charge on any atom is -0.364 e. The average Bonchev–Trinajstić information content (AvgIpc) is 2.74. The molecule has 0 fully saturated rings. The summed E-state index contributed by atoms with van der Waals surface area (Å²) in [6.07, 6.45) is 0. The molecule has 4 nitrogen and oxygen atoms in total. The lowest BCUT2D eigenvalue weighted by molar-refractivity contribution is 0.0990. The molecule has 0 bridgehead atoms. The standard InChI is InChI=1S/C12H13N3O/c1-2-15-11(12(13)16)8-10(14-15)9-6-4-3-5-7-9/h3-8H,2H2,1H3,(H2,13,16). The maximum Gasteiger partial charge on any atom is 0.266 e. The van der Waals surface area contributed by atoms with Gasteiger partial charge >= 0.3 is 0 Å². The summed E-state index contributed by atoms with van der Waals surface area (Å²) in [5.74, 6) is -0.448. The van der Waals surface area contributed by atoms with Gasteiger partial charge in [-0.15, -0.1) is 0 Å². The number of aromatic nitrogens is 2. The zero-order chi connectivity index (χ0) is 11.5. The highest BCUT2D eigenvalue weighted by Gasteiger charge is 2.12. The molecule has 1 aromatic carbocycles. The number of hydrogen-bond acceptors (Lipinski definition) is 2. The Hall–Kier alpha value is -2.10. The van der Waals surface area contributed by atoms with Gasteiger partial charge in [-0.3, -0.25) is 9.48 Å². The van der Waals surface area contributed by atoms with Crippen molar-refractivity contribution >= 4 is 5.91 Å². The van der Waals surface area contributed by atoms with E-state index in [1.807, 2.05) is 37.3 Å². The van der Waals surface area contributed by atoms with E-state index < -0.39 is 5.91 Å². The van der Waals surface area contributed by atoms with Crippen molar-refractivity contribution in [1.29, 1.82) is 0 Å². The third-order valence-corrected chi connectivity index (χ3v) is 2.40. The molecule has 0 aliphatic rings. The molecular formula is C12H13N3O. The normalized spacial score (nSPS) is 10.3. The minimum absolute atomic E-state index is 0.446. The van der Waals surface area contributed by atoms with Gasteiger partial charge < -0.3 is 5.73 Å². The number of benzene rings is 1. The molecule has 0 unspecified atom stereocenters. The lowest BCUT2D eigenvalue weighted by Crippen LogP contribution is -2.16. The van der Waals surface area contributed by atoms with Crippen LogP contribution in [0.1, 0.15) is 17.4 Å². The summed E-state index contributed by atoms with van der Waals surface area (Å²) in [6, 6.07) is 11.4. The molecule has 2 N–H and O–H groups in total. The molecule has 16 heavy (non-hydrogen) atoms. The van der Waals surface area contributed by atoms with E-state index in [9.17, 15) is 4.79 Å². The molecule has 0 atom stereocenters. The first kappa shape index (κ1) is 10.4.